The van der Waals surface area contributed by atoms with Gasteiger partial charge in [0, 0.05) is 11.4 Å². The highest BCUT2D eigenvalue weighted by Gasteiger charge is 2.13. The summed E-state index contributed by atoms with van der Waals surface area (Å²) in [7, 11) is 0. The first-order valence-corrected chi connectivity index (χ1v) is 12.6. The fraction of sp³-hybridized carbons (Fsp3) is 0.500. The smallest absolute Gasteiger partial charge is 0.314 e. The lowest BCUT2D eigenvalue weighted by molar-refractivity contribution is -0.132. The van der Waals surface area contributed by atoms with Crippen molar-refractivity contribution in [1.82, 2.24) is 0 Å². The highest BCUT2D eigenvalue weighted by atomic mass is 16.5. The van der Waals surface area contributed by atoms with Crippen LogP contribution in [0.2, 0.25) is 0 Å². The lowest BCUT2D eigenvalue weighted by atomic mass is 10.1. The highest BCUT2D eigenvalue weighted by molar-refractivity contribution is 6.43. The summed E-state index contributed by atoms with van der Waals surface area (Å²) in [6.07, 6.45) is 13.0. The average molecular weight is 455 g/mol. The van der Waals surface area contributed by atoms with Gasteiger partial charge in [0.2, 0.25) is 0 Å². The molecule has 2 rings (SSSR count). The maximum absolute atomic E-state index is 12.0. The molecule has 0 radical (unpaired) electrons. The maximum atomic E-state index is 12.0. The first-order chi connectivity index (χ1) is 16.2. The van der Waals surface area contributed by atoms with Crippen molar-refractivity contribution in [1.29, 1.82) is 0 Å². The van der Waals surface area contributed by atoms with Crippen molar-refractivity contribution in [2.75, 3.05) is 17.2 Å². The number of unbranched alkanes of at least 4 members (excludes halogenated alkanes) is 9. The zero-order valence-corrected chi connectivity index (χ0v) is 20.7. The summed E-state index contributed by atoms with van der Waals surface area (Å²) in [6.45, 7) is 6.95. The standard InChI is InChI=1S/C26H36N2O3.C2H6/c1-2-3-4-5-6-7-8-9-10-14-21-31-24-19-17-23(18-20-24)28-26(30)25(29)27-22-15-12-11-13-16-22;1-2/h11-13,15-20H,2-10,14,21H2,1H3,(H,27,29)(H,28,30);1-2H3. The average Bonchev–Trinajstić information content (AvgIpc) is 2.85. The van der Waals surface area contributed by atoms with E-state index in [1.54, 1.807) is 48.5 Å². The number of amides is 2. The van der Waals surface area contributed by atoms with Crippen LogP contribution in [0.1, 0.15) is 85.0 Å². The Morgan fingerprint density at radius 2 is 1.09 bits per heavy atom. The van der Waals surface area contributed by atoms with Crippen LogP contribution in [0.4, 0.5) is 11.4 Å². The van der Waals surface area contributed by atoms with Gasteiger partial charge < -0.3 is 15.4 Å². The van der Waals surface area contributed by atoms with Crippen LogP contribution in [0, 0.1) is 0 Å². The molecule has 33 heavy (non-hydrogen) atoms. The molecule has 0 bridgehead atoms. The van der Waals surface area contributed by atoms with E-state index >= 15 is 0 Å². The van der Waals surface area contributed by atoms with E-state index in [0.717, 1.165) is 12.2 Å². The molecule has 0 spiro atoms. The van der Waals surface area contributed by atoms with E-state index in [2.05, 4.69) is 17.6 Å². The van der Waals surface area contributed by atoms with Crippen LogP contribution >= 0.6 is 0 Å². The van der Waals surface area contributed by atoms with Crippen LogP contribution in [0.3, 0.4) is 0 Å². The number of para-hydroxylation sites is 1. The van der Waals surface area contributed by atoms with Crippen LogP contribution in [-0.4, -0.2) is 18.4 Å². The zero-order chi connectivity index (χ0) is 24.2. The number of hydrogen-bond donors (Lipinski definition) is 2. The van der Waals surface area contributed by atoms with Crippen molar-refractivity contribution in [2.45, 2.75) is 85.0 Å². The molecular weight excluding hydrogens is 412 g/mol. The van der Waals surface area contributed by atoms with Gasteiger partial charge in [0.05, 0.1) is 6.61 Å². The number of carbonyl (C=O) groups is 2. The van der Waals surface area contributed by atoms with Crippen molar-refractivity contribution in [3.05, 3.63) is 54.6 Å². The van der Waals surface area contributed by atoms with Crippen LogP contribution in [0.25, 0.3) is 0 Å². The first kappa shape index (κ1) is 28.2. The summed E-state index contributed by atoms with van der Waals surface area (Å²) in [5, 5.41) is 5.16. The molecule has 2 aromatic carbocycles. The van der Waals surface area contributed by atoms with Crippen molar-refractivity contribution < 1.29 is 14.3 Å². The molecule has 182 valence electrons. The molecular formula is C28H42N2O3. The summed E-state index contributed by atoms with van der Waals surface area (Å²) in [4.78, 5) is 24.0. The number of anilines is 2. The van der Waals surface area contributed by atoms with Crippen molar-refractivity contribution in [3.8, 4) is 5.75 Å². The van der Waals surface area contributed by atoms with E-state index in [1.807, 2.05) is 19.9 Å². The van der Waals surface area contributed by atoms with Gasteiger partial charge in [-0.2, -0.15) is 0 Å². The summed E-state index contributed by atoms with van der Waals surface area (Å²) in [6, 6.07) is 16.0. The minimum atomic E-state index is -0.706. The topological polar surface area (TPSA) is 67.4 Å². The van der Waals surface area contributed by atoms with Crippen LogP contribution in [0.15, 0.2) is 54.6 Å². The number of benzene rings is 2. The molecule has 2 N–H and O–H groups in total. The summed E-state index contributed by atoms with van der Waals surface area (Å²) >= 11 is 0. The Hall–Kier alpha value is -2.82. The Morgan fingerprint density at radius 1 is 0.636 bits per heavy atom. The molecule has 0 saturated carbocycles. The predicted octanol–water partition coefficient (Wildman–Crippen LogP) is 7.59. The van der Waals surface area contributed by atoms with Crippen molar-refractivity contribution in [3.63, 3.8) is 0 Å². The molecule has 0 aliphatic carbocycles. The number of ether oxygens (including phenoxy) is 1. The Kier molecular flexibility index (Phi) is 16.0. The van der Waals surface area contributed by atoms with E-state index in [1.165, 1.54) is 57.8 Å². The molecule has 0 saturated heterocycles. The molecule has 0 atom stereocenters. The Labute approximate surface area is 200 Å². The van der Waals surface area contributed by atoms with Gasteiger partial charge in [0.25, 0.3) is 0 Å². The van der Waals surface area contributed by atoms with Gasteiger partial charge in [-0.3, -0.25) is 9.59 Å². The molecule has 2 aromatic rings. The van der Waals surface area contributed by atoms with E-state index < -0.39 is 11.8 Å². The van der Waals surface area contributed by atoms with E-state index in [0.29, 0.717) is 18.0 Å². The molecule has 0 fully saturated rings. The Bertz CT molecular complexity index is 760. The second kappa shape index (κ2) is 18.7. The van der Waals surface area contributed by atoms with Gasteiger partial charge in [-0.25, -0.2) is 0 Å². The third-order valence-corrected chi connectivity index (χ3v) is 5.12. The molecule has 2 amide bonds. The van der Waals surface area contributed by atoms with Gasteiger partial charge in [-0.15, -0.1) is 0 Å². The largest absolute Gasteiger partial charge is 0.494 e. The van der Waals surface area contributed by atoms with Crippen molar-refractivity contribution in [2.24, 2.45) is 0 Å². The fourth-order valence-electron chi connectivity index (χ4n) is 3.31. The minimum absolute atomic E-state index is 0.555. The molecule has 0 aliphatic heterocycles. The predicted molar refractivity (Wildman–Crippen MR) is 139 cm³/mol. The van der Waals surface area contributed by atoms with E-state index in [-0.39, 0.29) is 0 Å². The number of carbonyl (C=O) groups excluding carboxylic acids is 2. The fourth-order valence-corrected chi connectivity index (χ4v) is 3.31. The number of hydrogen-bond acceptors (Lipinski definition) is 3. The van der Waals surface area contributed by atoms with Crippen LogP contribution in [0.5, 0.6) is 5.75 Å². The van der Waals surface area contributed by atoms with Gasteiger partial charge in [-0.1, -0.05) is 96.8 Å². The monoisotopic (exact) mass is 454 g/mol. The molecule has 5 nitrogen and oxygen atoms in total. The lowest BCUT2D eigenvalue weighted by Crippen LogP contribution is -2.29. The van der Waals surface area contributed by atoms with Crippen LogP contribution in [-0.2, 0) is 9.59 Å². The van der Waals surface area contributed by atoms with Gasteiger partial charge in [-0.05, 0) is 42.8 Å². The third-order valence-electron chi connectivity index (χ3n) is 5.12. The van der Waals surface area contributed by atoms with Crippen molar-refractivity contribution >= 4 is 23.2 Å². The normalized spacial score (nSPS) is 10.0. The third kappa shape index (κ3) is 13.4. The van der Waals surface area contributed by atoms with E-state index in [4.69, 9.17) is 4.74 Å². The summed E-state index contributed by atoms with van der Waals surface area (Å²) in [5.41, 5.74) is 1.14. The minimum Gasteiger partial charge on any atom is -0.494 e. The second-order valence-corrected chi connectivity index (χ2v) is 7.83. The molecule has 5 heteroatoms. The lowest BCUT2D eigenvalue weighted by Gasteiger charge is -2.09. The number of nitrogens with one attached hydrogen (secondary N) is 2. The molecule has 0 aliphatic rings. The molecule has 0 heterocycles. The molecule has 0 aromatic heterocycles. The maximum Gasteiger partial charge on any atom is 0.314 e. The van der Waals surface area contributed by atoms with E-state index in [9.17, 15) is 9.59 Å². The molecule has 0 unspecified atom stereocenters. The Balaban J connectivity index is 0.00000265. The SMILES string of the molecule is CC.CCCCCCCCCCCCOc1ccc(NC(=O)C(=O)Nc2ccccc2)cc1. The summed E-state index contributed by atoms with van der Waals surface area (Å²) in [5.74, 6) is -0.641. The first-order valence-electron chi connectivity index (χ1n) is 12.6. The zero-order valence-electron chi connectivity index (χ0n) is 20.7. The van der Waals surface area contributed by atoms with Gasteiger partial charge >= 0.3 is 11.8 Å². The summed E-state index contributed by atoms with van der Waals surface area (Å²) < 4.78 is 5.77. The highest BCUT2D eigenvalue weighted by Crippen LogP contribution is 2.17. The second-order valence-electron chi connectivity index (χ2n) is 7.83. The number of rotatable bonds is 14. The van der Waals surface area contributed by atoms with Gasteiger partial charge in [0.1, 0.15) is 5.75 Å². The van der Waals surface area contributed by atoms with Gasteiger partial charge in [0.15, 0.2) is 0 Å². The Morgan fingerprint density at radius 3 is 1.61 bits per heavy atom. The van der Waals surface area contributed by atoms with Crippen LogP contribution < -0.4 is 15.4 Å². The quantitative estimate of drug-likeness (QED) is 0.228.